The van der Waals surface area contributed by atoms with Crippen molar-refractivity contribution in [3.63, 3.8) is 0 Å². The fourth-order valence-corrected chi connectivity index (χ4v) is 3.01. The molecular formula is C16H27BrN2O. The van der Waals surface area contributed by atoms with E-state index in [2.05, 4.69) is 28.0 Å². The summed E-state index contributed by atoms with van der Waals surface area (Å²) in [6.45, 7) is 2.25. The molecule has 1 heterocycles. The molecule has 0 atom stereocenters. The molecule has 0 bridgehead atoms. The van der Waals surface area contributed by atoms with Gasteiger partial charge in [-0.25, -0.2) is 0 Å². The number of aromatic nitrogens is 2. The summed E-state index contributed by atoms with van der Waals surface area (Å²) in [7, 11) is 1.81. The van der Waals surface area contributed by atoms with Gasteiger partial charge in [-0.2, -0.15) is 5.10 Å². The Morgan fingerprint density at radius 1 is 1.10 bits per heavy atom. The number of halogens is 1. The van der Waals surface area contributed by atoms with Gasteiger partial charge in [0.15, 0.2) is 5.78 Å². The average Bonchev–Trinajstić information content (AvgIpc) is 2.76. The van der Waals surface area contributed by atoms with Gasteiger partial charge in [-0.15, -0.1) is 0 Å². The van der Waals surface area contributed by atoms with Crippen molar-refractivity contribution in [3.8, 4) is 0 Å². The first-order chi connectivity index (χ1) is 9.66. The Morgan fingerprint density at radius 3 is 2.15 bits per heavy atom. The Kier molecular flexibility index (Phi) is 8.83. The van der Waals surface area contributed by atoms with E-state index in [4.69, 9.17) is 0 Å². The number of hydrogen-bond donors (Lipinski definition) is 0. The lowest BCUT2D eigenvalue weighted by Gasteiger charge is -2.03. The summed E-state index contributed by atoms with van der Waals surface area (Å²) >= 11 is 3.38. The summed E-state index contributed by atoms with van der Waals surface area (Å²) in [5, 5.41) is 4.08. The molecule has 0 aromatic carbocycles. The molecule has 3 nitrogen and oxygen atoms in total. The minimum Gasteiger partial charge on any atom is -0.292 e. The van der Waals surface area contributed by atoms with Gasteiger partial charge in [0.05, 0.1) is 10.7 Å². The highest BCUT2D eigenvalue weighted by Gasteiger charge is 2.14. The fourth-order valence-electron chi connectivity index (χ4n) is 2.44. The van der Waals surface area contributed by atoms with Gasteiger partial charge in [0.1, 0.15) is 5.69 Å². The second kappa shape index (κ2) is 10.1. The summed E-state index contributed by atoms with van der Waals surface area (Å²) in [6.07, 6.45) is 13.8. The van der Waals surface area contributed by atoms with Gasteiger partial charge in [-0.05, 0) is 22.4 Å². The van der Waals surface area contributed by atoms with Crippen LogP contribution in [0.2, 0.25) is 0 Å². The number of ketones is 1. The maximum absolute atomic E-state index is 12.1. The van der Waals surface area contributed by atoms with E-state index in [1.807, 2.05) is 7.05 Å². The van der Waals surface area contributed by atoms with E-state index in [0.29, 0.717) is 12.1 Å². The van der Waals surface area contributed by atoms with Crippen LogP contribution in [0.25, 0.3) is 0 Å². The Bertz CT molecular complexity index is 382. The van der Waals surface area contributed by atoms with E-state index in [0.717, 1.165) is 17.3 Å². The van der Waals surface area contributed by atoms with Crippen LogP contribution in [-0.2, 0) is 7.05 Å². The lowest BCUT2D eigenvalue weighted by molar-refractivity contribution is 0.0969. The third-order valence-electron chi connectivity index (χ3n) is 3.67. The Labute approximate surface area is 131 Å². The van der Waals surface area contributed by atoms with Crippen LogP contribution in [0.3, 0.4) is 0 Å². The Morgan fingerprint density at radius 2 is 1.65 bits per heavy atom. The van der Waals surface area contributed by atoms with Crippen molar-refractivity contribution in [2.45, 2.75) is 71.1 Å². The molecule has 0 unspecified atom stereocenters. The first-order valence-corrected chi connectivity index (χ1v) is 8.66. The molecule has 1 rings (SSSR count). The number of nitrogens with zero attached hydrogens (tertiary/aromatic N) is 2. The molecule has 0 spiro atoms. The molecule has 0 aliphatic heterocycles. The van der Waals surface area contributed by atoms with Crippen LogP contribution in [0.15, 0.2) is 10.7 Å². The number of carbonyl (C=O) groups excluding carboxylic acids is 1. The third-order valence-corrected chi connectivity index (χ3v) is 4.25. The first kappa shape index (κ1) is 17.4. The molecule has 1 aromatic heterocycles. The lowest BCUT2D eigenvalue weighted by Crippen LogP contribution is -2.07. The summed E-state index contributed by atoms with van der Waals surface area (Å²) in [6, 6.07) is 0. The maximum Gasteiger partial charge on any atom is 0.182 e. The van der Waals surface area contributed by atoms with Gasteiger partial charge in [0.25, 0.3) is 0 Å². The van der Waals surface area contributed by atoms with Crippen LogP contribution < -0.4 is 0 Å². The second-order valence-electron chi connectivity index (χ2n) is 5.47. The van der Waals surface area contributed by atoms with E-state index < -0.39 is 0 Å². The standard InChI is InChI=1S/C16H27BrN2O/c1-3-4-5-6-7-8-9-10-11-12-15(20)16-14(17)13-18-19(16)2/h13H,3-12H2,1-2H3. The molecule has 0 radical (unpaired) electrons. The minimum atomic E-state index is 0.194. The van der Waals surface area contributed by atoms with E-state index in [1.165, 1.54) is 44.9 Å². The molecule has 1 aromatic rings. The third kappa shape index (κ3) is 6.21. The van der Waals surface area contributed by atoms with Gasteiger partial charge in [-0.1, -0.05) is 58.3 Å². The van der Waals surface area contributed by atoms with Crippen molar-refractivity contribution in [1.29, 1.82) is 0 Å². The second-order valence-corrected chi connectivity index (χ2v) is 6.32. The molecule has 4 heteroatoms. The van der Waals surface area contributed by atoms with E-state index in [9.17, 15) is 4.79 Å². The van der Waals surface area contributed by atoms with Crippen molar-refractivity contribution < 1.29 is 4.79 Å². The van der Waals surface area contributed by atoms with Crippen molar-refractivity contribution in [3.05, 3.63) is 16.4 Å². The van der Waals surface area contributed by atoms with Crippen molar-refractivity contribution in [1.82, 2.24) is 9.78 Å². The molecule has 20 heavy (non-hydrogen) atoms. The zero-order valence-corrected chi connectivity index (χ0v) is 14.4. The molecule has 0 N–H and O–H groups in total. The van der Waals surface area contributed by atoms with Gasteiger partial charge in [0, 0.05) is 13.5 Å². The number of Topliss-reactive ketones (excluding diaryl/α,β-unsaturated/α-hetero) is 1. The Hall–Kier alpha value is -0.640. The number of hydrogen-bond acceptors (Lipinski definition) is 2. The molecule has 0 saturated heterocycles. The van der Waals surface area contributed by atoms with Gasteiger partial charge >= 0.3 is 0 Å². The normalized spacial score (nSPS) is 10.9. The van der Waals surface area contributed by atoms with Gasteiger partial charge < -0.3 is 0 Å². The van der Waals surface area contributed by atoms with E-state index in [-0.39, 0.29) is 5.78 Å². The van der Waals surface area contributed by atoms with Crippen molar-refractivity contribution >= 4 is 21.7 Å². The van der Waals surface area contributed by atoms with Crippen LogP contribution in [0, 0.1) is 0 Å². The zero-order valence-electron chi connectivity index (χ0n) is 12.8. The average molecular weight is 343 g/mol. The van der Waals surface area contributed by atoms with Crippen LogP contribution in [0.4, 0.5) is 0 Å². The van der Waals surface area contributed by atoms with E-state index in [1.54, 1.807) is 10.9 Å². The molecule has 0 fully saturated rings. The predicted octanol–water partition coefficient (Wildman–Crippen LogP) is 5.29. The highest BCUT2D eigenvalue weighted by atomic mass is 79.9. The highest BCUT2D eigenvalue weighted by molar-refractivity contribution is 9.10. The summed E-state index contributed by atoms with van der Waals surface area (Å²) in [5.74, 6) is 0.194. The molecule has 0 amide bonds. The number of aryl methyl sites for hydroxylation is 1. The SMILES string of the molecule is CCCCCCCCCCCC(=O)c1c(Br)cnn1C. The molecule has 114 valence electrons. The van der Waals surface area contributed by atoms with Crippen LogP contribution in [0.1, 0.15) is 81.6 Å². The fraction of sp³-hybridized carbons (Fsp3) is 0.750. The van der Waals surface area contributed by atoms with Crippen LogP contribution >= 0.6 is 15.9 Å². The largest absolute Gasteiger partial charge is 0.292 e. The quantitative estimate of drug-likeness (QED) is 0.404. The van der Waals surface area contributed by atoms with Gasteiger partial charge in [0.2, 0.25) is 0 Å². The number of carbonyl (C=O) groups is 1. The molecule has 0 aliphatic rings. The van der Waals surface area contributed by atoms with Crippen molar-refractivity contribution in [2.75, 3.05) is 0 Å². The van der Waals surface area contributed by atoms with Gasteiger partial charge in [-0.3, -0.25) is 9.48 Å². The molecule has 0 saturated carbocycles. The predicted molar refractivity (Wildman–Crippen MR) is 87.1 cm³/mol. The summed E-state index contributed by atoms with van der Waals surface area (Å²) < 4.78 is 2.46. The van der Waals surface area contributed by atoms with Crippen molar-refractivity contribution in [2.24, 2.45) is 7.05 Å². The molecule has 0 aliphatic carbocycles. The minimum absolute atomic E-state index is 0.194. The monoisotopic (exact) mass is 342 g/mol. The first-order valence-electron chi connectivity index (χ1n) is 7.87. The number of unbranched alkanes of at least 4 members (excludes halogenated alkanes) is 8. The van der Waals surface area contributed by atoms with Crippen LogP contribution in [0.5, 0.6) is 0 Å². The summed E-state index contributed by atoms with van der Waals surface area (Å²) in [4.78, 5) is 12.1. The molecular weight excluding hydrogens is 316 g/mol. The van der Waals surface area contributed by atoms with Crippen LogP contribution in [-0.4, -0.2) is 15.6 Å². The highest BCUT2D eigenvalue weighted by Crippen LogP contribution is 2.18. The zero-order chi connectivity index (χ0) is 14.8. The summed E-state index contributed by atoms with van der Waals surface area (Å²) in [5.41, 5.74) is 0.699. The Balaban J connectivity index is 2.06. The maximum atomic E-state index is 12.1. The topological polar surface area (TPSA) is 34.9 Å². The smallest absolute Gasteiger partial charge is 0.182 e. The van der Waals surface area contributed by atoms with E-state index >= 15 is 0 Å². The lowest BCUT2D eigenvalue weighted by atomic mass is 10.0. The number of rotatable bonds is 11.